The molecule has 0 unspecified atom stereocenters. The van der Waals surface area contributed by atoms with Gasteiger partial charge in [-0.1, -0.05) is 17.7 Å². The number of halogens is 1. The molecule has 1 aromatic rings. The molecule has 1 rings (SSSR count). The molecule has 0 aromatic heterocycles. The van der Waals surface area contributed by atoms with Gasteiger partial charge < -0.3 is 4.74 Å². The largest absolute Gasteiger partial charge is 0.495 e. The molecule has 0 aliphatic carbocycles. The number of rotatable bonds is 2. The van der Waals surface area contributed by atoms with Crippen LogP contribution in [0.25, 0.3) is 0 Å². The fourth-order valence-electron chi connectivity index (χ4n) is 0.883. The molecule has 0 heterocycles. The molecular formula is C8H6ClNO3. The number of hydrogen-bond donors (Lipinski definition) is 0. The van der Waals surface area contributed by atoms with Crippen molar-refractivity contribution in [2.45, 2.75) is 0 Å². The highest BCUT2D eigenvalue weighted by molar-refractivity contribution is 6.35. The summed E-state index contributed by atoms with van der Waals surface area (Å²) >= 11 is 5.74. The molecular weight excluding hydrogens is 194 g/mol. The summed E-state index contributed by atoms with van der Waals surface area (Å²) in [6.45, 7) is 0. The lowest BCUT2D eigenvalue weighted by molar-refractivity contribution is 0.100. The number of amides is 1. The summed E-state index contributed by atoms with van der Waals surface area (Å²) in [4.78, 5) is 20.8. The molecule has 5 heteroatoms. The molecule has 1 aromatic carbocycles. The highest BCUT2D eigenvalue weighted by atomic mass is 35.5. The fourth-order valence-corrected chi connectivity index (χ4v) is 1.17. The third kappa shape index (κ3) is 1.84. The summed E-state index contributed by atoms with van der Waals surface area (Å²) in [6, 6.07) is 4.56. The van der Waals surface area contributed by atoms with Crippen molar-refractivity contribution in [3.63, 3.8) is 0 Å². The minimum absolute atomic E-state index is 0.0519. The zero-order valence-corrected chi connectivity index (χ0v) is 7.54. The number of ether oxygens (including phenoxy) is 1. The van der Waals surface area contributed by atoms with Gasteiger partial charge >= 0.3 is 5.91 Å². The number of benzene rings is 1. The van der Waals surface area contributed by atoms with Crippen molar-refractivity contribution < 1.29 is 9.53 Å². The average Bonchev–Trinajstić information content (AvgIpc) is 2.17. The van der Waals surface area contributed by atoms with Gasteiger partial charge in [0.1, 0.15) is 5.75 Å². The Morgan fingerprint density at radius 1 is 1.54 bits per heavy atom. The molecule has 0 saturated carbocycles. The third-order valence-corrected chi connectivity index (χ3v) is 1.89. The van der Waals surface area contributed by atoms with Crippen molar-refractivity contribution in [3.05, 3.63) is 33.7 Å². The predicted octanol–water partition coefficient (Wildman–Crippen LogP) is 2.26. The summed E-state index contributed by atoms with van der Waals surface area (Å²) < 4.78 is 4.85. The van der Waals surface area contributed by atoms with Gasteiger partial charge in [0.2, 0.25) is 0 Å². The first-order valence-corrected chi connectivity index (χ1v) is 3.78. The summed E-state index contributed by atoms with van der Waals surface area (Å²) in [5.41, 5.74) is 0.0519. The van der Waals surface area contributed by atoms with Crippen LogP contribution in [-0.4, -0.2) is 13.0 Å². The minimum atomic E-state index is -0.899. The summed E-state index contributed by atoms with van der Waals surface area (Å²) in [7, 11) is 1.42. The first-order chi connectivity index (χ1) is 6.20. The van der Waals surface area contributed by atoms with Gasteiger partial charge in [0, 0.05) is 5.18 Å². The van der Waals surface area contributed by atoms with E-state index in [0.29, 0.717) is 5.75 Å². The van der Waals surface area contributed by atoms with Gasteiger partial charge in [0.15, 0.2) is 0 Å². The van der Waals surface area contributed by atoms with E-state index in [9.17, 15) is 9.70 Å². The van der Waals surface area contributed by atoms with Gasteiger partial charge in [-0.05, 0) is 12.1 Å². The number of hydrogen-bond acceptors (Lipinski definition) is 3. The summed E-state index contributed by atoms with van der Waals surface area (Å²) in [5.74, 6) is -0.555. The number of nitrogens with zero attached hydrogens (tertiary/aromatic N) is 1. The first-order valence-electron chi connectivity index (χ1n) is 3.41. The lowest BCUT2D eigenvalue weighted by Gasteiger charge is -2.03. The Balaban J connectivity index is 3.22. The van der Waals surface area contributed by atoms with Crippen molar-refractivity contribution in [2.24, 2.45) is 5.18 Å². The van der Waals surface area contributed by atoms with E-state index in [4.69, 9.17) is 16.3 Å². The van der Waals surface area contributed by atoms with Crippen LogP contribution in [0.15, 0.2) is 23.4 Å². The molecule has 0 spiro atoms. The van der Waals surface area contributed by atoms with Crippen LogP contribution >= 0.6 is 11.6 Å². The molecule has 0 N–H and O–H groups in total. The van der Waals surface area contributed by atoms with E-state index in [1.54, 1.807) is 12.1 Å². The van der Waals surface area contributed by atoms with E-state index in [2.05, 4.69) is 5.18 Å². The van der Waals surface area contributed by atoms with Crippen molar-refractivity contribution in [2.75, 3.05) is 7.11 Å². The van der Waals surface area contributed by atoms with Gasteiger partial charge in [-0.3, -0.25) is 4.79 Å². The minimum Gasteiger partial charge on any atom is -0.495 e. The number of nitroso groups, excluding NO2 is 1. The van der Waals surface area contributed by atoms with Crippen molar-refractivity contribution >= 4 is 17.5 Å². The molecule has 0 aliphatic heterocycles. The molecule has 4 nitrogen and oxygen atoms in total. The van der Waals surface area contributed by atoms with Crippen molar-refractivity contribution in [1.82, 2.24) is 0 Å². The van der Waals surface area contributed by atoms with Crippen LogP contribution in [0.5, 0.6) is 5.75 Å². The summed E-state index contributed by atoms with van der Waals surface area (Å²) in [6.07, 6.45) is 0. The summed E-state index contributed by atoms with van der Waals surface area (Å²) in [5, 5.41) is 2.37. The van der Waals surface area contributed by atoms with Crippen LogP contribution < -0.4 is 4.74 Å². The molecule has 1 amide bonds. The maximum Gasteiger partial charge on any atom is 0.318 e. The number of carbonyl (C=O) groups is 1. The standard InChI is InChI=1S/C8H6ClNO3/c1-13-6-4-2-3-5(7(6)9)8(11)10-12/h2-4H,1H3. The molecule has 0 atom stereocenters. The normalized spacial score (nSPS) is 9.38. The van der Waals surface area contributed by atoms with E-state index in [-0.39, 0.29) is 10.6 Å². The molecule has 13 heavy (non-hydrogen) atoms. The van der Waals surface area contributed by atoms with Crippen LogP contribution in [0, 0.1) is 4.91 Å². The number of methoxy groups -OCH3 is 1. The smallest absolute Gasteiger partial charge is 0.318 e. The topological polar surface area (TPSA) is 55.7 Å². The highest BCUT2D eigenvalue weighted by Gasteiger charge is 2.13. The Hall–Kier alpha value is -1.42. The molecule has 0 bridgehead atoms. The van der Waals surface area contributed by atoms with Crippen LogP contribution in [0.2, 0.25) is 5.02 Å². The Kier molecular flexibility index (Phi) is 2.97. The van der Waals surface area contributed by atoms with Gasteiger partial charge in [-0.2, -0.15) is 0 Å². The SMILES string of the molecule is COc1cccc(C(=O)N=O)c1Cl. The zero-order valence-electron chi connectivity index (χ0n) is 6.78. The zero-order chi connectivity index (χ0) is 9.84. The van der Waals surface area contributed by atoms with Crippen LogP contribution in [-0.2, 0) is 0 Å². The van der Waals surface area contributed by atoms with Crippen LogP contribution in [0.4, 0.5) is 0 Å². The highest BCUT2D eigenvalue weighted by Crippen LogP contribution is 2.27. The Labute approximate surface area is 79.4 Å². The van der Waals surface area contributed by atoms with Gasteiger partial charge in [-0.15, -0.1) is 4.91 Å². The van der Waals surface area contributed by atoms with E-state index < -0.39 is 5.91 Å². The number of carbonyl (C=O) groups excluding carboxylic acids is 1. The fraction of sp³-hybridized carbons (Fsp3) is 0.125. The molecule has 0 saturated heterocycles. The van der Waals surface area contributed by atoms with Crippen LogP contribution in [0.3, 0.4) is 0 Å². The van der Waals surface area contributed by atoms with Crippen molar-refractivity contribution in [3.8, 4) is 5.75 Å². The van der Waals surface area contributed by atoms with E-state index in [1.807, 2.05) is 0 Å². The van der Waals surface area contributed by atoms with E-state index >= 15 is 0 Å². The molecule has 0 fully saturated rings. The Morgan fingerprint density at radius 3 is 2.77 bits per heavy atom. The predicted molar refractivity (Wildman–Crippen MR) is 48.1 cm³/mol. The molecule has 0 radical (unpaired) electrons. The maximum atomic E-state index is 10.9. The second kappa shape index (κ2) is 4.00. The van der Waals surface area contributed by atoms with Gasteiger partial charge in [0.25, 0.3) is 0 Å². The monoisotopic (exact) mass is 199 g/mol. The Morgan fingerprint density at radius 2 is 2.23 bits per heavy atom. The third-order valence-electron chi connectivity index (χ3n) is 1.50. The van der Waals surface area contributed by atoms with Gasteiger partial charge in [-0.25, -0.2) is 0 Å². The maximum absolute atomic E-state index is 10.9. The van der Waals surface area contributed by atoms with E-state index in [1.165, 1.54) is 13.2 Å². The second-order valence-electron chi connectivity index (χ2n) is 2.22. The van der Waals surface area contributed by atoms with E-state index in [0.717, 1.165) is 0 Å². The van der Waals surface area contributed by atoms with Crippen molar-refractivity contribution in [1.29, 1.82) is 0 Å². The quantitative estimate of drug-likeness (QED) is 0.687. The van der Waals surface area contributed by atoms with Crippen LogP contribution in [0.1, 0.15) is 10.4 Å². The molecule has 0 aliphatic rings. The molecule has 68 valence electrons. The second-order valence-corrected chi connectivity index (χ2v) is 2.60. The Bertz CT molecular complexity index is 351. The lowest BCUT2D eigenvalue weighted by atomic mass is 10.2. The first kappa shape index (κ1) is 9.67. The van der Waals surface area contributed by atoms with Gasteiger partial charge in [0.05, 0.1) is 17.7 Å². The average molecular weight is 200 g/mol. The lowest BCUT2D eigenvalue weighted by Crippen LogP contribution is -1.96.